The van der Waals surface area contributed by atoms with Gasteiger partial charge in [0.2, 0.25) is 5.91 Å². The van der Waals surface area contributed by atoms with Crippen LogP contribution in [0.2, 0.25) is 5.02 Å². The van der Waals surface area contributed by atoms with Gasteiger partial charge < -0.3 is 10.6 Å². The number of aromatic nitrogens is 1. The molecule has 0 unspecified atom stereocenters. The molecule has 0 saturated carbocycles. The van der Waals surface area contributed by atoms with E-state index in [0.717, 1.165) is 45.7 Å². The normalized spacial score (nSPS) is 14.7. The van der Waals surface area contributed by atoms with E-state index >= 15 is 0 Å². The highest BCUT2D eigenvalue weighted by Gasteiger charge is 2.15. The van der Waals surface area contributed by atoms with Crippen LogP contribution in [0.15, 0.2) is 24.3 Å². The monoisotopic (exact) mass is 413 g/mol. The number of amides is 1. The zero-order chi connectivity index (χ0) is 17.6. The van der Waals surface area contributed by atoms with E-state index in [1.807, 2.05) is 24.3 Å². The zero-order valence-electron chi connectivity index (χ0n) is 14.9. The van der Waals surface area contributed by atoms with E-state index in [2.05, 4.69) is 22.5 Å². The molecule has 1 aromatic carbocycles. The van der Waals surface area contributed by atoms with Gasteiger partial charge in [0.05, 0.1) is 12.2 Å². The Morgan fingerprint density at radius 2 is 2.00 bits per heavy atom. The van der Waals surface area contributed by atoms with Gasteiger partial charge in [-0.05, 0) is 57.3 Å². The summed E-state index contributed by atoms with van der Waals surface area (Å²) < 4.78 is 0. The number of aryl methyl sites for hydroxylation is 1. The van der Waals surface area contributed by atoms with Crippen LogP contribution < -0.4 is 10.6 Å². The Kier molecular flexibility index (Phi) is 8.35. The Hall–Kier alpha value is -1.14. The fourth-order valence-corrected chi connectivity index (χ4v) is 4.19. The molecule has 1 aliphatic rings. The van der Waals surface area contributed by atoms with Crippen LogP contribution in [-0.4, -0.2) is 24.0 Å². The molecule has 2 N–H and O–H groups in total. The van der Waals surface area contributed by atoms with E-state index in [-0.39, 0.29) is 18.3 Å². The van der Waals surface area contributed by atoms with Gasteiger partial charge in [0, 0.05) is 21.9 Å². The number of halogens is 2. The number of rotatable bonds is 6. The summed E-state index contributed by atoms with van der Waals surface area (Å²) in [5.41, 5.74) is 2.03. The van der Waals surface area contributed by atoms with Crippen LogP contribution in [0.1, 0.15) is 35.6 Å². The maximum atomic E-state index is 12.1. The summed E-state index contributed by atoms with van der Waals surface area (Å²) in [6.07, 6.45) is 3.96. The Morgan fingerprint density at radius 1 is 1.31 bits per heavy atom. The predicted molar refractivity (Wildman–Crippen MR) is 111 cm³/mol. The molecule has 26 heavy (non-hydrogen) atoms. The molecule has 4 nitrogen and oxygen atoms in total. The third-order valence-corrected chi connectivity index (χ3v) is 5.86. The van der Waals surface area contributed by atoms with E-state index in [4.69, 9.17) is 11.6 Å². The lowest BCUT2D eigenvalue weighted by Crippen LogP contribution is -2.29. The molecule has 3 rings (SSSR count). The maximum Gasteiger partial charge on any atom is 0.220 e. The Bertz CT molecular complexity index is 712. The second-order valence-corrected chi connectivity index (χ2v) is 8.25. The lowest BCUT2D eigenvalue weighted by Gasteiger charge is -2.22. The number of nitrogens with zero attached hydrogens (tertiary/aromatic N) is 1. The Morgan fingerprint density at radius 3 is 2.69 bits per heavy atom. The summed E-state index contributed by atoms with van der Waals surface area (Å²) in [5, 5.41) is 8.03. The molecular formula is C19H25Cl2N3OS. The first-order chi connectivity index (χ1) is 12.1. The molecule has 1 aromatic heterocycles. The van der Waals surface area contributed by atoms with E-state index in [0.29, 0.717) is 18.9 Å². The SMILES string of the molecule is Cc1sc(CNC(=O)CCC2CCNCC2)nc1-c1ccc(Cl)cc1.Cl. The van der Waals surface area contributed by atoms with Crippen LogP contribution in [-0.2, 0) is 11.3 Å². The van der Waals surface area contributed by atoms with Crippen LogP contribution in [0.4, 0.5) is 0 Å². The highest BCUT2D eigenvalue weighted by molar-refractivity contribution is 7.12. The minimum atomic E-state index is 0. The lowest BCUT2D eigenvalue weighted by molar-refractivity contribution is -0.121. The molecule has 1 amide bonds. The molecule has 1 fully saturated rings. The number of hydrogen-bond donors (Lipinski definition) is 2. The molecule has 0 aliphatic carbocycles. The van der Waals surface area contributed by atoms with Crippen molar-refractivity contribution >= 4 is 41.3 Å². The molecule has 0 atom stereocenters. The standard InChI is InChI=1S/C19H24ClN3OS.ClH/c1-13-19(15-3-5-16(20)6-4-15)23-18(25-13)12-22-17(24)7-2-14-8-10-21-11-9-14;/h3-6,14,21H,2,7-12H2,1H3,(H,22,24);1H. The Balaban J connectivity index is 0.00000243. The van der Waals surface area contributed by atoms with Gasteiger partial charge >= 0.3 is 0 Å². The number of nitrogens with one attached hydrogen (secondary N) is 2. The number of benzene rings is 1. The largest absolute Gasteiger partial charge is 0.350 e. The highest BCUT2D eigenvalue weighted by atomic mass is 35.5. The first-order valence-corrected chi connectivity index (χ1v) is 10.0. The smallest absolute Gasteiger partial charge is 0.220 e. The van der Waals surface area contributed by atoms with E-state index in [1.54, 1.807) is 11.3 Å². The quantitative estimate of drug-likeness (QED) is 0.727. The van der Waals surface area contributed by atoms with Crippen LogP contribution in [0, 0.1) is 12.8 Å². The van der Waals surface area contributed by atoms with Crippen LogP contribution in [0.3, 0.4) is 0 Å². The van der Waals surface area contributed by atoms with E-state index in [9.17, 15) is 4.79 Å². The summed E-state index contributed by atoms with van der Waals surface area (Å²) in [5.74, 6) is 0.810. The third kappa shape index (κ3) is 5.95. The van der Waals surface area contributed by atoms with Gasteiger partial charge in [-0.2, -0.15) is 0 Å². The summed E-state index contributed by atoms with van der Waals surface area (Å²) in [7, 11) is 0. The van der Waals surface area contributed by atoms with E-state index in [1.165, 1.54) is 12.8 Å². The highest BCUT2D eigenvalue weighted by Crippen LogP contribution is 2.28. The number of piperidine rings is 1. The summed E-state index contributed by atoms with van der Waals surface area (Å²) >= 11 is 7.58. The fraction of sp³-hybridized carbons (Fsp3) is 0.474. The number of thiazole rings is 1. The summed E-state index contributed by atoms with van der Waals surface area (Å²) in [4.78, 5) is 17.9. The second kappa shape index (κ2) is 10.3. The molecular weight excluding hydrogens is 389 g/mol. The molecule has 2 heterocycles. The number of carbonyl (C=O) groups excluding carboxylic acids is 1. The molecule has 0 spiro atoms. The van der Waals surface area contributed by atoms with Crippen molar-refractivity contribution in [3.05, 3.63) is 39.2 Å². The van der Waals surface area contributed by atoms with Gasteiger partial charge in [0.25, 0.3) is 0 Å². The van der Waals surface area contributed by atoms with Crippen molar-refractivity contribution in [2.45, 2.75) is 39.2 Å². The average Bonchev–Trinajstić information content (AvgIpc) is 3.00. The van der Waals surface area contributed by atoms with Crippen molar-refractivity contribution in [2.75, 3.05) is 13.1 Å². The zero-order valence-corrected chi connectivity index (χ0v) is 17.3. The number of hydrogen-bond acceptors (Lipinski definition) is 4. The minimum Gasteiger partial charge on any atom is -0.350 e. The predicted octanol–water partition coefficient (Wildman–Crippen LogP) is 4.59. The molecule has 7 heteroatoms. The van der Waals surface area contributed by atoms with Gasteiger partial charge in [-0.25, -0.2) is 4.98 Å². The van der Waals surface area contributed by atoms with Crippen molar-refractivity contribution in [2.24, 2.45) is 5.92 Å². The minimum absolute atomic E-state index is 0. The van der Waals surface area contributed by atoms with Gasteiger partial charge in [0.1, 0.15) is 5.01 Å². The van der Waals surface area contributed by atoms with Gasteiger partial charge in [0.15, 0.2) is 0 Å². The van der Waals surface area contributed by atoms with E-state index < -0.39 is 0 Å². The average molecular weight is 414 g/mol. The first-order valence-electron chi connectivity index (χ1n) is 8.81. The third-order valence-electron chi connectivity index (χ3n) is 4.63. The van der Waals surface area contributed by atoms with Gasteiger partial charge in [-0.15, -0.1) is 23.7 Å². The molecule has 0 bridgehead atoms. The van der Waals surface area contributed by atoms with Crippen molar-refractivity contribution < 1.29 is 4.79 Å². The molecule has 0 radical (unpaired) electrons. The number of carbonyl (C=O) groups is 1. The topological polar surface area (TPSA) is 54.0 Å². The Labute approximate surface area is 170 Å². The summed E-state index contributed by atoms with van der Waals surface area (Å²) in [6, 6.07) is 7.70. The van der Waals surface area contributed by atoms with Crippen molar-refractivity contribution in [3.63, 3.8) is 0 Å². The van der Waals surface area contributed by atoms with Crippen molar-refractivity contribution in [1.82, 2.24) is 15.6 Å². The molecule has 1 saturated heterocycles. The van der Waals surface area contributed by atoms with Gasteiger partial charge in [-0.1, -0.05) is 23.7 Å². The molecule has 142 valence electrons. The maximum absolute atomic E-state index is 12.1. The van der Waals surface area contributed by atoms with Crippen LogP contribution in [0.5, 0.6) is 0 Å². The summed E-state index contributed by atoms with van der Waals surface area (Å²) in [6.45, 7) is 4.73. The first kappa shape index (κ1) is 21.2. The fourth-order valence-electron chi connectivity index (χ4n) is 3.17. The van der Waals surface area contributed by atoms with Crippen molar-refractivity contribution in [1.29, 1.82) is 0 Å². The second-order valence-electron chi connectivity index (χ2n) is 6.53. The lowest BCUT2D eigenvalue weighted by atomic mass is 9.93. The molecule has 1 aliphatic heterocycles. The van der Waals surface area contributed by atoms with Crippen molar-refractivity contribution in [3.8, 4) is 11.3 Å². The van der Waals surface area contributed by atoms with Crippen LogP contribution >= 0.6 is 35.3 Å². The molecule has 2 aromatic rings. The van der Waals surface area contributed by atoms with Crippen LogP contribution in [0.25, 0.3) is 11.3 Å². The van der Waals surface area contributed by atoms with Gasteiger partial charge in [-0.3, -0.25) is 4.79 Å².